The first-order chi connectivity index (χ1) is 15.9. The van der Waals surface area contributed by atoms with Gasteiger partial charge in [-0.3, -0.25) is 14.4 Å². The van der Waals surface area contributed by atoms with Gasteiger partial charge in [0.25, 0.3) is 0 Å². The quantitative estimate of drug-likeness (QED) is 0.339. The number of benzene rings is 2. The zero-order valence-corrected chi connectivity index (χ0v) is 18.8. The number of hydrogen-bond acceptors (Lipinski definition) is 5. The summed E-state index contributed by atoms with van der Waals surface area (Å²) in [7, 11) is 0. The highest BCUT2D eigenvalue weighted by Crippen LogP contribution is 2.19. The molecule has 4 aromatic rings. The number of thioether (sulfide) groups is 1. The van der Waals surface area contributed by atoms with E-state index >= 15 is 0 Å². The maximum absolute atomic E-state index is 13.3. The van der Waals surface area contributed by atoms with Crippen LogP contribution in [-0.4, -0.2) is 27.5 Å². The van der Waals surface area contributed by atoms with Gasteiger partial charge < -0.3 is 9.88 Å². The fourth-order valence-corrected chi connectivity index (χ4v) is 3.91. The van der Waals surface area contributed by atoms with Gasteiger partial charge in [0.2, 0.25) is 11.3 Å². The van der Waals surface area contributed by atoms with Gasteiger partial charge >= 0.3 is 0 Å². The molecule has 0 aliphatic heterocycles. The number of hydrogen-bond donors (Lipinski definition) is 1. The molecule has 6 nitrogen and oxygen atoms in total. The number of fused-ring (bicyclic) bond motifs is 1. The van der Waals surface area contributed by atoms with Gasteiger partial charge in [-0.25, -0.2) is 9.37 Å². The Hall–Kier alpha value is -3.78. The monoisotopic (exact) mass is 461 g/mol. The van der Waals surface area contributed by atoms with Crippen molar-refractivity contribution in [2.75, 3.05) is 11.6 Å². The van der Waals surface area contributed by atoms with Crippen LogP contribution in [0.3, 0.4) is 0 Å². The number of aryl methyl sites for hydroxylation is 1. The van der Waals surface area contributed by atoms with Crippen LogP contribution < -0.4 is 10.7 Å². The van der Waals surface area contributed by atoms with Crippen molar-refractivity contribution in [2.45, 2.75) is 18.4 Å². The highest BCUT2D eigenvalue weighted by molar-refractivity contribution is 7.98. The number of amides is 1. The molecule has 0 bridgehead atoms. The number of carbonyl (C=O) groups excluding carboxylic acids is 2. The molecule has 33 heavy (non-hydrogen) atoms. The second kappa shape index (κ2) is 9.38. The number of anilines is 1. The van der Waals surface area contributed by atoms with Gasteiger partial charge in [-0.15, -0.1) is 11.8 Å². The van der Waals surface area contributed by atoms with Gasteiger partial charge in [-0.05, 0) is 67.8 Å². The smallest absolute Gasteiger partial charge is 0.244 e. The number of nitrogens with zero attached hydrogens (tertiary/aromatic N) is 2. The van der Waals surface area contributed by atoms with Crippen molar-refractivity contribution in [1.82, 2.24) is 9.55 Å². The highest BCUT2D eigenvalue weighted by Gasteiger charge is 2.19. The lowest BCUT2D eigenvalue weighted by molar-refractivity contribution is -0.116. The van der Waals surface area contributed by atoms with Crippen LogP contribution in [0.25, 0.3) is 11.0 Å². The predicted molar refractivity (Wildman–Crippen MR) is 127 cm³/mol. The summed E-state index contributed by atoms with van der Waals surface area (Å²) in [6, 6.07) is 15.7. The molecule has 1 amide bonds. The maximum Gasteiger partial charge on any atom is 0.244 e. The largest absolute Gasteiger partial charge is 0.324 e. The summed E-state index contributed by atoms with van der Waals surface area (Å²) < 4.78 is 14.8. The average Bonchev–Trinajstić information content (AvgIpc) is 2.81. The summed E-state index contributed by atoms with van der Waals surface area (Å²) in [6.07, 6.45) is 3.29. The second-order valence-electron chi connectivity index (χ2n) is 7.44. The minimum atomic E-state index is -0.552. The summed E-state index contributed by atoms with van der Waals surface area (Å²) in [6.45, 7) is 1.63. The summed E-state index contributed by atoms with van der Waals surface area (Å²) >= 11 is 1.56. The molecule has 2 heterocycles. The Labute approximate surface area is 193 Å². The normalized spacial score (nSPS) is 10.9. The highest BCUT2D eigenvalue weighted by atomic mass is 32.2. The van der Waals surface area contributed by atoms with E-state index in [2.05, 4.69) is 10.3 Å². The van der Waals surface area contributed by atoms with Crippen molar-refractivity contribution in [2.24, 2.45) is 0 Å². The van der Waals surface area contributed by atoms with E-state index in [1.165, 1.54) is 22.9 Å². The molecule has 0 unspecified atom stereocenters. The van der Waals surface area contributed by atoms with Crippen LogP contribution in [0.2, 0.25) is 0 Å². The molecule has 8 heteroatoms. The zero-order chi connectivity index (χ0) is 23.5. The van der Waals surface area contributed by atoms with Gasteiger partial charge in [0.1, 0.15) is 18.0 Å². The topological polar surface area (TPSA) is 81.1 Å². The molecular formula is C25H20FN3O3S. The average molecular weight is 462 g/mol. The fourth-order valence-electron chi connectivity index (χ4n) is 3.45. The lowest BCUT2D eigenvalue weighted by atomic mass is 10.0. The van der Waals surface area contributed by atoms with E-state index in [1.807, 2.05) is 24.5 Å². The van der Waals surface area contributed by atoms with E-state index in [9.17, 15) is 18.8 Å². The van der Waals surface area contributed by atoms with Crippen molar-refractivity contribution in [3.63, 3.8) is 0 Å². The van der Waals surface area contributed by atoms with Gasteiger partial charge in [-0.2, -0.15) is 0 Å². The number of pyridine rings is 2. The lowest BCUT2D eigenvalue weighted by Crippen LogP contribution is -2.25. The molecule has 1 N–H and O–H groups in total. The van der Waals surface area contributed by atoms with Crippen LogP contribution in [0, 0.1) is 12.7 Å². The predicted octanol–water partition coefficient (Wildman–Crippen LogP) is 4.44. The van der Waals surface area contributed by atoms with Gasteiger partial charge in [-0.1, -0.05) is 6.07 Å². The number of aromatic nitrogens is 2. The van der Waals surface area contributed by atoms with Crippen molar-refractivity contribution in [1.29, 1.82) is 0 Å². The van der Waals surface area contributed by atoms with Crippen LogP contribution in [0.4, 0.5) is 10.1 Å². The molecule has 4 rings (SSSR count). The maximum atomic E-state index is 13.3. The molecule has 0 saturated carbocycles. The minimum absolute atomic E-state index is 0.114. The molecule has 0 aliphatic rings. The van der Waals surface area contributed by atoms with E-state index in [-0.39, 0.29) is 29.0 Å². The van der Waals surface area contributed by atoms with E-state index in [0.29, 0.717) is 17.0 Å². The first-order valence-corrected chi connectivity index (χ1v) is 11.3. The first kappa shape index (κ1) is 22.4. The molecule has 0 aliphatic carbocycles. The van der Waals surface area contributed by atoms with Crippen molar-refractivity contribution in [3.05, 3.63) is 99.7 Å². The van der Waals surface area contributed by atoms with Gasteiger partial charge in [0.05, 0.1) is 10.9 Å². The summed E-state index contributed by atoms with van der Waals surface area (Å²) in [4.78, 5) is 44.3. The number of rotatable bonds is 6. The number of ketones is 1. The molecule has 0 spiro atoms. The van der Waals surface area contributed by atoms with Crippen LogP contribution in [0.1, 0.15) is 21.6 Å². The van der Waals surface area contributed by atoms with Gasteiger partial charge in [0, 0.05) is 28.0 Å². The summed E-state index contributed by atoms with van der Waals surface area (Å²) in [5.74, 6) is -1.37. The Morgan fingerprint density at radius 2 is 1.85 bits per heavy atom. The Morgan fingerprint density at radius 1 is 1.09 bits per heavy atom. The molecular weight excluding hydrogens is 441 g/mol. The van der Waals surface area contributed by atoms with Crippen molar-refractivity contribution < 1.29 is 14.0 Å². The molecule has 0 fully saturated rings. The number of nitrogens with one attached hydrogen (secondary N) is 1. The Bertz CT molecular complexity index is 1430. The lowest BCUT2D eigenvalue weighted by Gasteiger charge is -2.13. The van der Waals surface area contributed by atoms with E-state index in [1.54, 1.807) is 36.9 Å². The fraction of sp³-hybridized carbons (Fsp3) is 0.120. The molecule has 166 valence electrons. The second-order valence-corrected chi connectivity index (χ2v) is 8.32. The molecule has 0 atom stereocenters. The SMILES string of the molecule is CSc1cccc(NC(=O)Cn2cc(C(=O)c3ccc(F)cc3)c(=O)c3ccc(C)nc32)c1. The van der Waals surface area contributed by atoms with E-state index in [4.69, 9.17) is 0 Å². The van der Waals surface area contributed by atoms with Gasteiger partial charge in [0.15, 0.2) is 5.78 Å². The van der Waals surface area contributed by atoms with E-state index < -0.39 is 17.0 Å². The van der Waals surface area contributed by atoms with Crippen LogP contribution in [0.15, 0.2) is 76.6 Å². The molecule has 0 radical (unpaired) electrons. The summed E-state index contributed by atoms with van der Waals surface area (Å²) in [5.41, 5.74) is 1.19. The third-order valence-electron chi connectivity index (χ3n) is 5.08. The molecule has 2 aromatic carbocycles. The molecule has 2 aromatic heterocycles. The van der Waals surface area contributed by atoms with Crippen molar-refractivity contribution >= 4 is 40.2 Å². The Balaban J connectivity index is 1.74. The van der Waals surface area contributed by atoms with Crippen LogP contribution in [0.5, 0.6) is 0 Å². The van der Waals surface area contributed by atoms with Crippen LogP contribution in [-0.2, 0) is 11.3 Å². The first-order valence-electron chi connectivity index (χ1n) is 10.1. The summed E-state index contributed by atoms with van der Waals surface area (Å²) in [5, 5.41) is 3.07. The standard InChI is InChI=1S/C25H20FN3O3S/c1-15-6-11-20-24(32)21(23(31)16-7-9-17(26)10-8-16)13-29(25(20)27-15)14-22(30)28-18-4-3-5-19(12-18)33-2/h3-13H,14H2,1-2H3,(H,28,30). The Morgan fingerprint density at radius 3 is 2.58 bits per heavy atom. The van der Waals surface area contributed by atoms with Crippen molar-refractivity contribution in [3.8, 4) is 0 Å². The van der Waals surface area contributed by atoms with E-state index in [0.717, 1.165) is 17.0 Å². The number of halogens is 1. The third kappa shape index (κ3) is 4.85. The van der Waals surface area contributed by atoms with Crippen LogP contribution >= 0.6 is 11.8 Å². The Kier molecular flexibility index (Phi) is 6.37. The third-order valence-corrected chi connectivity index (χ3v) is 5.80. The zero-order valence-electron chi connectivity index (χ0n) is 18.0. The molecule has 0 saturated heterocycles. The number of carbonyl (C=O) groups is 2. The minimum Gasteiger partial charge on any atom is -0.324 e.